The van der Waals surface area contributed by atoms with E-state index in [0.29, 0.717) is 25.0 Å². The van der Waals surface area contributed by atoms with Crippen LogP contribution in [0.25, 0.3) is 0 Å². The number of hydrogen-bond donors (Lipinski definition) is 3. The van der Waals surface area contributed by atoms with Crippen LogP contribution in [0.4, 0.5) is 0 Å². The molecular formula is C19H30N4O5. The van der Waals surface area contributed by atoms with Crippen LogP contribution in [0.15, 0.2) is 24.4 Å². The molecule has 0 saturated heterocycles. The summed E-state index contributed by atoms with van der Waals surface area (Å²) < 4.78 is 0. The van der Waals surface area contributed by atoms with Crippen molar-refractivity contribution in [3.8, 4) is 0 Å². The van der Waals surface area contributed by atoms with Gasteiger partial charge in [-0.05, 0) is 32.8 Å². The Bertz CT molecular complexity index is 628. The number of nitrogens with zero attached hydrogens (tertiary/aromatic N) is 1. The predicted octanol–water partition coefficient (Wildman–Crippen LogP) is 0.0326. The highest BCUT2D eigenvalue weighted by atomic mass is 16.2. The minimum absolute atomic E-state index is 0.0781. The standard InChI is InChI=1S/C19H30N4O5/c1-5-15(6-2)23(4)19(28)13-22-18(27)12-21-17(26)11-20-16(25)10-8-7-9-14(3)24/h5-6H,1,7-13H2,2-4H3,(H,20,25)(H,21,26)(H,22,27)/b15-6+. The maximum Gasteiger partial charge on any atom is 0.246 e. The van der Waals surface area contributed by atoms with Gasteiger partial charge < -0.3 is 25.6 Å². The van der Waals surface area contributed by atoms with Gasteiger partial charge in [-0.25, -0.2) is 0 Å². The van der Waals surface area contributed by atoms with Crippen molar-refractivity contribution in [2.75, 3.05) is 26.7 Å². The third-order valence-electron chi connectivity index (χ3n) is 3.78. The largest absolute Gasteiger partial charge is 0.347 e. The predicted molar refractivity (Wildman–Crippen MR) is 105 cm³/mol. The summed E-state index contributed by atoms with van der Waals surface area (Å²) >= 11 is 0. The van der Waals surface area contributed by atoms with E-state index in [4.69, 9.17) is 0 Å². The Morgan fingerprint density at radius 1 is 0.857 bits per heavy atom. The number of likely N-dealkylation sites (N-methyl/N-ethyl adjacent to an activating group) is 1. The number of hydrogen-bond acceptors (Lipinski definition) is 5. The molecule has 0 saturated carbocycles. The maximum atomic E-state index is 11.9. The lowest BCUT2D eigenvalue weighted by Crippen LogP contribution is -2.44. The summed E-state index contributed by atoms with van der Waals surface area (Å²) in [6.45, 7) is 6.09. The Morgan fingerprint density at radius 3 is 1.86 bits per heavy atom. The van der Waals surface area contributed by atoms with Gasteiger partial charge in [-0.15, -0.1) is 0 Å². The summed E-state index contributed by atoms with van der Waals surface area (Å²) in [5.74, 6) is -1.58. The van der Waals surface area contributed by atoms with Crippen LogP contribution in [-0.2, 0) is 24.0 Å². The number of nitrogens with one attached hydrogen (secondary N) is 3. The van der Waals surface area contributed by atoms with Crippen molar-refractivity contribution in [1.82, 2.24) is 20.9 Å². The number of amides is 4. The molecular weight excluding hydrogens is 364 g/mol. The lowest BCUT2D eigenvalue weighted by atomic mass is 10.1. The molecule has 3 N–H and O–H groups in total. The van der Waals surface area contributed by atoms with Gasteiger partial charge in [-0.2, -0.15) is 0 Å². The van der Waals surface area contributed by atoms with E-state index >= 15 is 0 Å². The van der Waals surface area contributed by atoms with Crippen LogP contribution in [-0.4, -0.2) is 61.0 Å². The summed E-state index contributed by atoms with van der Waals surface area (Å²) in [6, 6.07) is 0. The highest BCUT2D eigenvalue weighted by Gasteiger charge is 2.13. The smallest absolute Gasteiger partial charge is 0.246 e. The first-order valence-corrected chi connectivity index (χ1v) is 9.06. The zero-order chi connectivity index (χ0) is 21.5. The molecule has 0 aromatic heterocycles. The lowest BCUT2D eigenvalue weighted by Gasteiger charge is -2.18. The summed E-state index contributed by atoms with van der Waals surface area (Å²) in [6.07, 6.45) is 5.10. The van der Waals surface area contributed by atoms with Gasteiger partial charge in [0, 0.05) is 25.6 Å². The second-order valence-electron chi connectivity index (χ2n) is 6.11. The topological polar surface area (TPSA) is 125 Å². The average molecular weight is 394 g/mol. The molecule has 0 spiro atoms. The molecule has 0 radical (unpaired) electrons. The molecule has 28 heavy (non-hydrogen) atoms. The molecule has 9 heteroatoms. The zero-order valence-corrected chi connectivity index (χ0v) is 16.8. The molecule has 0 unspecified atom stereocenters. The second-order valence-corrected chi connectivity index (χ2v) is 6.11. The van der Waals surface area contributed by atoms with Crippen molar-refractivity contribution >= 4 is 29.4 Å². The van der Waals surface area contributed by atoms with Gasteiger partial charge in [0.05, 0.1) is 19.6 Å². The molecule has 0 bridgehead atoms. The first-order chi connectivity index (χ1) is 13.2. The van der Waals surface area contributed by atoms with Gasteiger partial charge in [0.15, 0.2) is 0 Å². The van der Waals surface area contributed by atoms with Gasteiger partial charge in [-0.1, -0.05) is 12.7 Å². The molecule has 0 aliphatic rings. The van der Waals surface area contributed by atoms with Crippen molar-refractivity contribution in [2.45, 2.75) is 39.5 Å². The van der Waals surface area contributed by atoms with E-state index in [0.717, 1.165) is 0 Å². The number of ketones is 1. The Morgan fingerprint density at radius 2 is 1.36 bits per heavy atom. The first kappa shape index (κ1) is 25.0. The lowest BCUT2D eigenvalue weighted by molar-refractivity contribution is -0.131. The quantitative estimate of drug-likeness (QED) is 0.300. The normalized spacial score (nSPS) is 10.6. The van der Waals surface area contributed by atoms with Crippen LogP contribution in [0.5, 0.6) is 0 Å². The fraction of sp³-hybridized carbons (Fsp3) is 0.526. The maximum absolute atomic E-state index is 11.9. The molecule has 0 aliphatic carbocycles. The van der Waals surface area contributed by atoms with E-state index in [-0.39, 0.29) is 43.7 Å². The molecule has 9 nitrogen and oxygen atoms in total. The monoisotopic (exact) mass is 394 g/mol. The zero-order valence-electron chi connectivity index (χ0n) is 16.8. The highest BCUT2D eigenvalue weighted by molar-refractivity contribution is 5.90. The Labute approximate surface area is 165 Å². The van der Waals surface area contributed by atoms with Crippen molar-refractivity contribution in [1.29, 1.82) is 0 Å². The summed E-state index contributed by atoms with van der Waals surface area (Å²) in [4.78, 5) is 59.0. The van der Waals surface area contributed by atoms with Crippen molar-refractivity contribution < 1.29 is 24.0 Å². The van der Waals surface area contributed by atoms with E-state index in [1.54, 1.807) is 20.0 Å². The van der Waals surface area contributed by atoms with Gasteiger partial charge >= 0.3 is 0 Å². The Balaban J connectivity index is 3.98. The molecule has 156 valence electrons. The van der Waals surface area contributed by atoms with E-state index in [2.05, 4.69) is 22.5 Å². The number of rotatable bonds is 13. The van der Waals surface area contributed by atoms with Crippen LogP contribution >= 0.6 is 0 Å². The van der Waals surface area contributed by atoms with Gasteiger partial charge in [0.25, 0.3) is 0 Å². The van der Waals surface area contributed by atoms with E-state index < -0.39 is 11.8 Å². The number of carbonyl (C=O) groups excluding carboxylic acids is 5. The fourth-order valence-corrected chi connectivity index (χ4v) is 2.12. The number of Topliss-reactive ketones (excluding diaryl/α,β-unsaturated/α-hetero) is 1. The van der Waals surface area contributed by atoms with Crippen molar-refractivity contribution in [2.24, 2.45) is 0 Å². The second kappa shape index (κ2) is 14.1. The summed E-state index contributed by atoms with van der Waals surface area (Å²) in [5, 5.41) is 7.20. The molecule has 0 rings (SSSR count). The Hall–Kier alpha value is -2.97. The van der Waals surface area contributed by atoms with Crippen LogP contribution in [0, 0.1) is 0 Å². The number of unbranched alkanes of at least 4 members (excludes halogenated alkanes) is 1. The molecule has 0 fully saturated rings. The molecule has 0 atom stereocenters. The third kappa shape index (κ3) is 11.6. The summed E-state index contributed by atoms with van der Waals surface area (Å²) in [7, 11) is 1.57. The minimum Gasteiger partial charge on any atom is -0.347 e. The summed E-state index contributed by atoms with van der Waals surface area (Å²) in [5.41, 5.74) is 0.615. The van der Waals surface area contributed by atoms with Crippen molar-refractivity contribution in [3.63, 3.8) is 0 Å². The number of allylic oxidation sites excluding steroid dienone is 2. The van der Waals surface area contributed by atoms with Crippen LogP contribution in [0.3, 0.4) is 0 Å². The molecule has 0 aromatic carbocycles. The van der Waals surface area contributed by atoms with Crippen LogP contribution < -0.4 is 16.0 Å². The highest BCUT2D eigenvalue weighted by Crippen LogP contribution is 2.02. The van der Waals surface area contributed by atoms with Crippen molar-refractivity contribution in [3.05, 3.63) is 24.4 Å². The molecule has 0 aliphatic heterocycles. The molecule has 0 aromatic rings. The first-order valence-electron chi connectivity index (χ1n) is 9.06. The average Bonchev–Trinajstić information content (AvgIpc) is 2.66. The van der Waals surface area contributed by atoms with E-state index in [9.17, 15) is 24.0 Å². The SMILES string of the molecule is C=C/C(=C\C)N(C)C(=O)CNC(=O)CNC(=O)CNC(=O)CCCCC(C)=O. The molecule has 0 heterocycles. The minimum atomic E-state index is -0.522. The number of carbonyl (C=O) groups is 5. The van der Waals surface area contributed by atoms with Gasteiger partial charge in [0.2, 0.25) is 23.6 Å². The Kier molecular flexibility index (Phi) is 12.6. The van der Waals surface area contributed by atoms with Crippen LogP contribution in [0.1, 0.15) is 39.5 Å². The van der Waals surface area contributed by atoms with Gasteiger partial charge in [-0.3, -0.25) is 19.2 Å². The van der Waals surface area contributed by atoms with Crippen LogP contribution in [0.2, 0.25) is 0 Å². The third-order valence-corrected chi connectivity index (χ3v) is 3.78. The van der Waals surface area contributed by atoms with E-state index in [1.807, 2.05) is 0 Å². The molecule has 4 amide bonds. The van der Waals surface area contributed by atoms with E-state index in [1.165, 1.54) is 17.9 Å². The van der Waals surface area contributed by atoms with Gasteiger partial charge in [0.1, 0.15) is 5.78 Å². The fourth-order valence-electron chi connectivity index (χ4n) is 2.12.